The maximum Gasteiger partial charge on any atom is 0.256 e. The second-order valence-electron chi connectivity index (χ2n) is 6.36. The number of aromatic nitrogens is 2. The van der Waals surface area contributed by atoms with Gasteiger partial charge in [-0.1, -0.05) is 37.0 Å². The van der Waals surface area contributed by atoms with Gasteiger partial charge in [-0.05, 0) is 35.9 Å². The number of ether oxygens (including phenoxy) is 2. The first-order valence-corrected chi connectivity index (χ1v) is 11.1. The maximum atomic E-state index is 11.2. The lowest BCUT2D eigenvalue weighted by molar-refractivity contribution is 0.0996. The van der Waals surface area contributed by atoms with Gasteiger partial charge < -0.3 is 15.2 Å². The molecule has 0 fully saturated rings. The summed E-state index contributed by atoms with van der Waals surface area (Å²) < 4.78 is 10.1. The van der Waals surface area contributed by atoms with Crippen LogP contribution in [-0.2, 0) is 0 Å². The molecule has 4 aromatic rings. The predicted molar refractivity (Wildman–Crippen MR) is 137 cm³/mol. The first-order valence-electron chi connectivity index (χ1n) is 10.0. The summed E-state index contributed by atoms with van der Waals surface area (Å²) in [6.45, 7) is 4.00. The molecule has 0 spiro atoms. The lowest BCUT2D eigenvalue weighted by atomic mass is 10.1. The lowest BCUT2D eigenvalue weighted by Crippen LogP contribution is -2.12. The number of nitrogens with zero attached hydrogens (tertiary/aromatic N) is 2. The van der Waals surface area contributed by atoms with E-state index in [-0.39, 0.29) is 5.56 Å². The van der Waals surface area contributed by atoms with E-state index >= 15 is 0 Å². The summed E-state index contributed by atoms with van der Waals surface area (Å²) >= 11 is 17.4. The van der Waals surface area contributed by atoms with E-state index in [2.05, 4.69) is 9.97 Å². The highest BCUT2D eigenvalue weighted by Gasteiger charge is 2.14. The summed E-state index contributed by atoms with van der Waals surface area (Å²) in [4.78, 5) is 30.7. The molecule has 0 saturated carbocycles. The van der Waals surface area contributed by atoms with Gasteiger partial charge in [0, 0.05) is 35.3 Å². The number of methoxy groups -OCH3 is 2. The first-order chi connectivity index (χ1) is 16.3. The number of benzene rings is 2. The number of fused-ring (bicyclic) bond motifs is 2. The van der Waals surface area contributed by atoms with Crippen LogP contribution in [0, 0.1) is 0 Å². The second kappa shape index (κ2) is 12.4. The molecule has 2 aromatic heterocycles. The van der Waals surface area contributed by atoms with E-state index in [1.807, 2.05) is 13.8 Å². The number of amides is 1. The Morgan fingerprint density at radius 3 is 1.59 bits per heavy atom. The van der Waals surface area contributed by atoms with Crippen LogP contribution in [0.2, 0.25) is 10.0 Å². The van der Waals surface area contributed by atoms with E-state index in [0.29, 0.717) is 48.9 Å². The summed E-state index contributed by atoms with van der Waals surface area (Å²) in [6.07, 6.45) is 3.18. The molecule has 0 aliphatic carbocycles. The Bertz CT molecular complexity index is 1240. The molecular formula is C24H22Cl3N3O4. The fourth-order valence-corrected chi connectivity index (χ4v) is 3.53. The van der Waals surface area contributed by atoms with Crippen molar-refractivity contribution >= 4 is 67.8 Å². The molecule has 4 rings (SSSR count). The van der Waals surface area contributed by atoms with Gasteiger partial charge in [-0.3, -0.25) is 19.6 Å². The summed E-state index contributed by atoms with van der Waals surface area (Å²) in [5.74, 6) is 0.232. The summed E-state index contributed by atoms with van der Waals surface area (Å²) in [6, 6.07) is 9.75. The van der Waals surface area contributed by atoms with Crippen LogP contribution in [0.15, 0.2) is 48.8 Å². The highest BCUT2D eigenvalue weighted by Crippen LogP contribution is 2.30. The van der Waals surface area contributed by atoms with E-state index in [9.17, 15) is 9.59 Å². The van der Waals surface area contributed by atoms with E-state index in [1.54, 1.807) is 48.8 Å². The van der Waals surface area contributed by atoms with E-state index in [4.69, 9.17) is 50.0 Å². The minimum atomic E-state index is -0.585. The third-order valence-electron chi connectivity index (χ3n) is 4.50. The van der Waals surface area contributed by atoms with Crippen LogP contribution in [0.5, 0.6) is 11.5 Å². The van der Waals surface area contributed by atoms with Crippen molar-refractivity contribution in [3.63, 3.8) is 0 Å². The molecule has 1 amide bonds. The summed E-state index contributed by atoms with van der Waals surface area (Å²) in [5.41, 5.74) is 7.15. The normalized spacial score (nSPS) is 9.97. The molecule has 0 radical (unpaired) electrons. The van der Waals surface area contributed by atoms with E-state index in [1.165, 1.54) is 14.2 Å². The molecule has 34 heavy (non-hydrogen) atoms. The van der Waals surface area contributed by atoms with Gasteiger partial charge >= 0.3 is 0 Å². The molecule has 2 aromatic carbocycles. The highest BCUT2D eigenvalue weighted by atomic mass is 35.5. The van der Waals surface area contributed by atoms with Crippen molar-refractivity contribution in [3.05, 3.63) is 70.0 Å². The van der Waals surface area contributed by atoms with Crippen LogP contribution in [0.3, 0.4) is 0 Å². The zero-order valence-electron chi connectivity index (χ0n) is 18.9. The number of pyridine rings is 2. The second-order valence-corrected chi connectivity index (χ2v) is 7.52. The van der Waals surface area contributed by atoms with Crippen molar-refractivity contribution in [1.29, 1.82) is 0 Å². The van der Waals surface area contributed by atoms with Gasteiger partial charge in [0.05, 0.1) is 46.4 Å². The quantitative estimate of drug-likeness (QED) is 0.315. The van der Waals surface area contributed by atoms with Crippen molar-refractivity contribution in [2.75, 3.05) is 14.2 Å². The molecule has 0 unspecified atom stereocenters. The van der Waals surface area contributed by atoms with Crippen molar-refractivity contribution in [3.8, 4) is 11.5 Å². The molecule has 2 N–H and O–H groups in total. The molecule has 178 valence electrons. The standard InChI is InChI=1S/C11H7Cl2NO2.C11H9ClN2O2.C2H6/c2*1-16-10-5-9-6(4-7(10)11(13)15)8(12)2-3-14-9;1-2/h2-5H,1H3;2-5H,1H3,(H2,13,15);1-2H3. The average molecular weight is 523 g/mol. The fraction of sp³-hybridized carbons (Fsp3) is 0.167. The third kappa shape index (κ3) is 6.05. The van der Waals surface area contributed by atoms with Crippen LogP contribution in [-0.4, -0.2) is 35.3 Å². The van der Waals surface area contributed by atoms with Crippen LogP contribution < -0.4 is 15.2 Å². The number of halogens is 3. The Kier molecular flexibility index (Phi) is 9.86. The third-order valence-corrected chi connectivity index (χ3v) is 5.36. The van der Waals surface area contributed by atoms with Gasteiger partial charge in [0.15, 0.2) is 0 Å². The first kappa shape index (κ1) is 27.1. The zero-order chi connectivity index (χ0) is 25.4. The predicted octanol–water partition coefficient (Wildman–Crippen LogP) is 6.30. The Labute approximate surface area is 211 Å². The van der Waals surface area contributed by atoms with Gasteiger partial charge in [-0.15, -0.1) is 0 Å². The zero-order valence-corrected chi connectivity index (χ0v) is 21.1. The minimum Gasteiger partial charge on any atom is -0.496 e. The molecule has 0 saturated heterocycles. The molecule has 7 nitrogen and oxygen atoms in total. The van der Waals surface area contributed by atoms with Gasteiger partial charge in [-0.2, -0.15) is 0 Å². The Morgan fingerprint density at radius 2 is 1.21 bits per heavy atom. The smallest absolute Gasteiger partial charge is 0.256 e. The molecule has 0 atom stereocenters. The van der Waals surface area contributed by atoms with Crippen LogP contribution in [0.25, 0.3) is 21.8 Å². The van der Waals surface area contributed by atoms with Gasteiger partial charge in [0.2, 0.25) is 0 Å². The van der Waals surface area contributed by atoms with Gasteiger partial charge in [-0.25, -0.2) is 0 Å². The van der Waals surface area contributed by atoms with Crippen molar-refractivity contribution < 1.29 is 19.1 Å². The fourth-order valence-electron chi connectivity index (χ4n) is 2.96. The van der Waals surface area contributed by atoms with Crippen molar-refractivity contribution in [2.45, 2.75) is 13.8 Å². The topological polar surface area (TPSA) is 104 Å². The number of hydrogen-bond donors (Lipinski definition) is 1. The summed E-state index contributed by atoms with van der Waals surface area (Å²) in [7, 11) is 2.94. The Morgan fingerprint density at radius 1 is 0.794 bits per heavy atom. The number of carbonyl (C=O) groups excluding carboxylic acids is 2. The molecule has 0 bridgehead atoms. The van der Waals surface area contributed by atoms with E-state index < -0.39 is 11.1 Å². The molecule has 2 heterocycles. The van der Waals surface area contributed by atoms with Crippen molar-refractivity contribution in [1.82, 2.24) is 9.97 Å². The monoisotopic (exact) mass is 521 g/mol. The largest absolute Gasteiger partial charge is 0.496 e. The average Bonchev–Trinajstić information content (AvgIpc) is 2.84. The van der Waals surface area contributed by atoms with Crippen LogP contribution in [0.1, 0.15) is 34.6 Å². The van der Waals surface area contributed by atoms with Crippen LogP contribution in [0.4, 0.5) is 0 Å². The van der Waals surface area contributed by atoms with Crippen molar-refractivity contribution in [2.24, 2.45) is 5.73 Å². The van der Waals surface area contributed by atoms with E-state index in [0.717, 1.165) is 0 Å². The number of carbonyl (C=O) groups is 2. The SMILES string of the molecule is CC.COc1cc2nccc(Cl)c2cc1C(=O)Cl.COc1cc2nccc(Cl)c2cc1C(N)=O. The number of hydrogen-bond acceptors (Lipinski definition) is 6. The molecule has 10 heteroatoms. The Balaban J connectivity index is 0.000000224. The lowest BCUT2D eigenvalue weighted by Gasteiger charge is -2.07. The maximum absolute atomic E-state index is 11.2. The molecular weight excluding hydrogens is 501 g/mol. The minimum absolute atomic E-state index is 0.284. The number of primary amides is 1. The summed E-state index contributed by atoms with van der Waals surface area (Å²) in [5, 5.41) is 1.81. The Hall–Kier alpha value is -3.13. The molecule has 0 aliphatic rings. The number of rotatable bonds is 4. The highest BCUT2D eigenvalue weighted by molar-refractivity contribution is 6.68. The van der Waals surface area contributed by atoms with Gasteiger partial charge in [0.1, 0.15) is 11.5 Å². The van der Waals surface area contributed by atoms with Crippen LogP contribution >= 0.6 is 34.8 Å². The molecule has 0 aliphatic heterocycles. The van der Waals surface area contributed by atoms with Gasteiger partial charge in [0.25, 0.3) is 11.1 Å². The number of nitrogens with two attached hydrogens (primary N) is 1.